The Labute approximate surface area is 91.3 Å². The number of rotatable bonds is 1. The van der Waals surface area contributed by atoms with E-state index in [2.05, 4.69) is 10.1 Å². The minimum atomic E-state index is 0.728. The van der Waals surface area contributed by atoms with Crippen molar-refractivity contribution in [3.05, 3.63) is 47.9 Å². The molecule has 2 aromatic heterocycles. The van der Waals surface area contributed by atoms with E-state index in [-0.39, 0.29) is 0 Å². The van der Waals surface area contributed by atoms with Crippen LogP contribution < -0.4 is 0 Å². The molecule has 3 rings (SSSR count). The van der Waals surface area contributed by atoms with Crippen LogP contribution in [0.3, 0.4) is 0 Å². The lowest BCUT2D eigenvalue weighted by atomic mass is 10.2. The van der Waals surface area contributed by atoms with Gasteiger partial charge in [-0.05, 0) is 24.3 Å². The number of H-pyrrole nitrogens is 1. The lowest BCUT2D eigenvalue weighted by molar-refractivity contribution is 0.888. The molecule has 2 heterocycles. The second kappa shape index (κ2) is 3.14. The third kappa shape index (κ3) is 1.24. The number of fused-ring (bicyclic) bond motifs is 1. The van der Waals surface area contributed by atoms with Crippen molar-refractivity contribution in [3.63, 3.8) is 0 Å². The molecule has 0 saturated carbocycles. The van der Waals surface area contributed by atoms with Crippen LogP contribution >= 0.6 is 11.6 Å². The zero-order chi connectivity index (χ0) is 10.3. The predicted octanol–water partition coefficient (Wildman–Crippen LogP) is 3.01. The van der Waals surface area contributed by atoms with Crippen molar-refractivity contribution in [3.8, 4) is 5.69 Å². The van der Waals surface area contributed by atoms with E-state index in [4.69, 9.17) is 11.6 Å². The molecule has 0 spiro atoms. The third-order valence-electron chi connectivity index (χ3n) is 2.40. The van der Waals surface area contributed by atoms with Gasteiger partial charge in [-0.2, -0.15) is 5.10 Å². The van der Waals surface area contributed by atoms with E-state index in [0.29, 0.717) is 0 Å². The SMILES string of the molecule is Clc1ccc(-n2cccn2)c2cc[nH]c12. The number of hydrogen-bond donors (Lipinski definition) is 1. The molecule has 74 valence electrons. The number of benzene rings is 1. The van der Waals surface area contributed by atoms with E-state index in [9.17, 15) is 0 Å². The summed E-state index contributed by atoms with van der Waals surface area (Å²) in [4.78, 5) is 3.12. The van der Waals surface area contributed by atoms with Crippen LogP contribution in [0.2, 0.25) is 5.02 Å². The Morgan fingerprint density at radius 2 is 2.20 bits per heavy atom. The normalized spacial score (nSPS) is 11.0. The first-order valence-corrected chi connectivity index (χ1v) is 4.99. The van der Waals surface area contributed by atoms with Gasteiger partial charge in [0.25, 0.3) is 0 Å². The van der Waals surface area contributed by atoms with Gasteiger partial charge in [-0.1, -0.05) is 11.6 Å². The maximum atomic E-state index is 6.07. The molecule has 0 aliphatic carbocycles. The molecule has 15 heavy (non-hydrogen) atoms. The van der Waals surface area contributed by atoms with Crippen LogP contribution in [0, 0.1) is 0 Å². The van der Waals surface area contributed by atoms with Gasteiger partial charge in [0.05, 0.1) is 16.2 Å². The Morgan fingerprint density at radius 3 is 3.00 bits per heavy atom. The van der Waals surface area contributed by atoms with E-state index in [1.165, 1.54) is 0 Å². The minimum absolute atomic E-state index is 0.728. The number of halogens is 1. The van der Waals surface area contributed by atoms with Gasteiger partial charge in [-0.15, -0.1) is 0 Å². The number of aromatic amines is 1. The summed E-state index contributed by atoms with van der Waals surface area (Å²) in [6.07, 6.45) is 5.55. The Bertz CT molecular complexity index is 595. The van der Waals surface area contributed by atoms with Gasteiger partial charge in [0.15, 0.2) is 0 Å². The van der Waals surface area contributed by atoms with E-state index in [0.717, 1.165) is 21.6 Å². The average molecular weight is 218 g/mol. The van der Waals surface area contributed by atoms with Crippen LogP contribution in [0.15, 0.2) is 42.9 Å². The number of hydrogen-bond acceptors (Lipinski definition) is 1. The summed E-state index contributed by atoms with van der Waals surface area (Å²) in [7, 11) is 0. The highest BCUT2D eigenvalue weighted by Gasteiger charge is 2.06. The average Bonchev–Trinajstić information content (AvgIpc) is 2.88. The molecule has 1 N–H and O–H groups in total. The lowest BCUT2D eigenvalue weighted by Gasteiger charge is -2.04. The fourth-order valence-corrected chi connectivity index (χ4v) is 1.94. The van der Waals surface area contributed by atoms with Crippen LogP contribution in [0.1, 0.15) is 0 Å². The third-order valence-corrected chi connectivity index (χ3v) is 2.72. The first-order chi connectivity index (χ1) is 7.36. The first kappa shape index (κ1) is 8.56. The zero-order valence-corrected chi connectivity index (χ0v) is 8.57. The molecule has 3 aromatic rings. The maximum Gasteiger partial charge on any atom is 0.0740 e. The summed E-state index contributed by atoms with van der Waals surface area (Å²) in [5.74, 6) is 0. The molecule has 0 aliphatic rings. The summed E-state index contributed by atoms with van der Waals surface area (Å²) in [5, 5.41) is 6.01. The Balaban J connectivity index is 2.37. The first-order valence-electron chi connectivity index (χ1n) is 4.62. The van der Waals surface area contributed by atoms with E-state index in [1.807, 2.05) is 41.3 Å². The van der Waals surface area contributed by atoms with Gasteiger partial charge in [-0.3, -0.25) is 0 Å². The molecule has 0 radical (unpaired) electrons. The van der Waals surface area contributed by atoms with E-state index >= 15 is 0 Å². The highest BCUT2D eigenvalue weighted by molar-refractivity contribution is 6.35. The second-order valence-electron chi connectivity index (χ2n) is 3.28. The summed E-state index contributed by atoms with van der Waals surface area (Å²) >= 11 is 6.07. The van der Waals surface area contributed by atoms with Gasteiger partial charge in [-0.25, -0.2) is 4.68 Å². The molecule has 3 nitrogen and oxygen atoms in total. The Morgan fingerprint density at radius 1 is 1.27 bits per heavy atom. The lowest BCUT2D eigenvalue weighted by Crippen LogP contribution is -1.94. The van der Waals surface area contributed by atoms with E-state index < -0.39 is 0 Å². The van der Waals surface area contributed by atoms with Crippen LogP contribution in [-0.4, -0.2) is 14.8 Å². The molecule has 0 unspecified atom stereocenters. The van der Waals surface area contributed by atoms with Crippen molar-refractivity contribution in [1.29, 1.82) is 0 Å². The van der Waals surface area contributed by atoms with Crippen LogP contribution in [0.25, 0.3) is 16.6 Å². The summed E-state index contributed by atoms with van der Waals surface area (Å²) in [6.45, 7) is 0. The van der Waals surface area contributed by atoms with Crippen LogP contribution in [-0.2, 0) is 0 Å². The topological polar surface area (TPSA) is 33.6 Å². The molecular weight excluding hydrogens is 210 g/mol. The van der Waals surface area contributed by atoms with Crippen molar-refractivity contribution in [1.82, 2.24) is 14.8 Å². The quantitative estimate of drug-likeness (QED) is 0.668. The highest BCUT2D eigenvalue weighted by atomic mass is 35.5. The molecule has 4 heteroatoms. The van der Waals surface area contributed by atoms with Crippen molar-refractivity contribution >= 4 is 22.5 Å². The van der Waals surface area contributed by atoms with E-state index in [1.54, 1.807) is 6.20 Å². The molecule has 1 aromatic carbocycles. The van der Waals surface area contributed by atoms with Gasteiger partial charge in [0.2, 0.25) is 0 Å². The number of nitrogens with one attached hydrogen (secondary N) is 1. The molecule has 0 aliphatic heterocycles. The molecule has 0 atom stereocenters. The fraction of sp³-hybridized carbons (Fsp3) is 0. The van der Waals surface area contributed by atoms with Crippen LogP contribution in [0.4, 0.5) is 0 Å². The Kier molecular flexibility index (Phi) is 1.79. The minimum Gasteiger partial charge on any atom is -0.360 e. The summed E-state index contributed by atoms with van der Waals surface area (Å²) in [6, 6.07) is 7.73. The van der Waals surface area contributed by atoms with Crippen molar-refractivity contribution in [2.75, 3.05) is 0 Å². The fourth-order valence-electron chi connectivity index (χ4n) is 1.72. The largest absolute Gasteiger partial charge is 0.360 e. The zero-order valence-electron chi connectivity index (χ0n) is 7.81. The monoisotopic (exact) mass is 217 g/mol. The standard InChI is InChI=1S/C11H8ClN3/c12-9-2-3-10(15-7-1-5-14-15)8-4-6-13-11(8)9/h1-7,13H. The Hall–Kier alpha value is -1.74. The molecule has 0 saturated heterocycles. The number of nitrogens with zero attached hydrogens (tertiary/aromatic N) is 2. The van der Waals surface area contributed by atoms with Crippen molar-refractivity contribution < 1.29 is 0 Å². The second-order valence-corrected chi connectivity index (χ2v) is 3.69. The number of aromatic nitrogens is 3. The van der Waals surface area contributed by atoms with Crippen molar-refractivity contribution in [2.24, 2.45) is 0 Å². The van der Waals surface area contributed by atoms with Crippen molar-refractivity contribution in [2.45, 2.75) is 0 Å². The summed E-state index contributed by atoms with van der Waals surface area (Å²) in [5.41, 5.74) is 1.98. The van der Waals surface area contributed by atoms with Gasteiger partial charge < -0.3 is 4.98 Å². The van der Waals surface area contributed by atoms with Gasteiger partial charge in [0.1, 0.15) is 0 Å². The van der Waals surface area contributed by atoms with Crippen LogP contribution in [0.5, 0.6) is 0 Å². The maximum absolute atomic E-state index is 6.07. The van der Waals surface area contributed by atoms with Gasteiger partial charge >= 0.3 is 0 Å². The highest BCUT2D eigenvalue weighted by Crippen LogP contribution is 2.27. The molecule has 0 bridgehead atoms. The molecule has 0 amide bonds. The van der Waals surface area contributed by atoms with Gasteiger partial charge in [0, 0.05) is 24.0 Å². The molecular formula is C11H8ClN3. The predicted molar refractivity (Wildman–Crippen MR) is 60.4 cm³/mol. The smallest absolute Gasteiger partial charge is 0.0740 e. The molecule has 0 fully saturated rings. The summed E-state index contributed by atoms with van der Waals surface area (Å²) < 4.78 is 1.83.